The summed E-state index contributed by atoms with van der Waals surface area (Å²) in [5.41, 5.74) is 0.208. The van der Waals surface area contributed by atoms with E-state index in [1.807, 2.05) is 4.68 Å². The molecule has 1 aliphatic carbocycles. The molecular weight excluding hydrogens is 214 g/mol. The van der Waals surface area contributed by atoms with E-state index in [0.717, 1.165) is 18.8 Å². The maximum atomic E-state index is 12.0. The first kappa shape index (κ1) is 12.3. The Morgan fingerprint density at radius 3 is 2.76 bits per heavy atom. The van der Waals surface area contributed by atoms with Crippen LogP contribution < -0.4 is 0 Å². The van der Waals surface area contributed by atoms with Crippen LogP contribution in [-0.2, 0) is 17.8 Å². The molecule has 1 atom stereocenters. The lowest BCUT2D eigenvalue weighted by atomic mass is 10.1. The van der Waals surface area contributed by atoms with Gasteiger partial charge in [0.1, 0.15) is 17.9 Å². The van der Waals surface area contributed by atoms with Gasteiger partial charge < -0.3 is 0 Å². The van der Waals surface area contributed by atoms with Gasteiger partial charge >= 0.3 is 0 Å². The van der Waals surface area contributed by atoms with Crippen molar-refractivity contribution in [1.82, 2.24) is 14.8 Å². The fourth-order valence-electron chi connectivity index (χ4n) is 2.22. The van der Waals surface area contributed by atoms with Gasteiger partial charge in [0.05, 0.1) is 6.42 Å². The first-order valence-corrected chi connectivity index (χ1v) is 6.29. The van der Waals surface area contributed by atoms with Crippen LogP contribution in [0.3, 0.4) is 0 Å². The second-order valence-electron chi connectivity index (χ2n) is 6.14. The molecule has 1 saturated carbocycles. The normalized spacial score (nSPS) is 21.8. The summed E-state index contributed by atoms with van der Waals surface area (Å²) in [5.74, 6) is 1.87. The van der Waals surface area contributed by atoms with Gasteiger partial charge in [-0.3, -0.25) is 4.79 Å². The monoisotopic (exact) mass is 235 g/mol. The largest absolute Gasteiger partial charge is 0.299 e. The minimum Gasteiger partial charge on any atom is -0.299 e. The van der Waals surface area contributed by atoms with E-state index in [0.29, 0.717) is 18.1 Å². The summed E-state index contributed by atoms with van der Waals surface area (Å²) in [7, 11) is 0. The van der Waals surface area contributed by atoms with Gasteiger partial charge in [-0.05, 0) is 17.8 Å². The van der Waals surface area contributed by atoms with Crippen molar-refractivity contribution in [3.63, 3.8) is 0 Å². The number of nitrogens with zero attached hydrogens (tertiary/aromatic N) is 3. The molecule has 4 heteroatoms. The molecular formula is C13H21N3O. The van der Waals surface area contributed by atoms with Crippen LogP contribution in [0.25, 0.3) is 0 Å². The molecule has 1 unspecified atom stereocenters. The van der Waals surface area contributed by atoms with Crippen molar-refractivity contribution in [2.45, 2.75) is 47.1 Å². The van der Waals surface area contributed by atoms with E-state index in [1.54, 1.807) is 6.33 Å². The average molecular weight is 235 g/mol. The summed E-state index contributed by atoms with van der Waals surface area (Å²) in [6.07, 6.45) is 2.99. The maximum Gasteiger partial charge on any atom is 0.144 e. The Morgan fingerprint density at radius 2 is 2.24 bits per heavy atom. The van der Waals surface area contributed by atoms with Crippen molar-refractivity contribution in [2.24, 2.45) is 17.3 Å². The Labute approximate surface area is 102 Å². The number of rotatable bonds is 5. The van der Waals surface area contributed by atoms with E-state index in [-0.39, 0.29) is 11.3 Å². The molecule has 2 rings (SSSR count). The lowest BCUT2D eigenvalue weighted by Gasteiger charge is -2.08. The van der Waals surface area contributed by atoms with Crippen molar-refractivity contribution in [3.8, 4) is 0 Å². The van der Waals surface area contributed by atoms with E-state index in [2.05, 4.69) is 37.8 Å². The Hall–Kier alpha value is -1.19. The van der Waals surface area contributed by atoms with Crippen LogP contribution >= 0.6 is 0 Å². The lowest BCUT2D eigenvalue weighted by Crippen LogP contribution is -2.16. The predicted octanol–water partition coefficient (Wildman–Crippen LogP) is 2.09. The first-order chi connectivity index (χ1) is 7.90. The van der Waals surface area contributed by atoms with E-state index in [1.165, 1.54) is 0 Å². The standard InChI is InChI=1S/C13H21N3O/c1-9(2)7-16-12(14-8-15-16)5-11(17)10-6-13(10,3)4/h8-10H,5-7H2,1-4H3. The molecule has 0 spiro atoms. The summed E-state index contributed by atoms with van der Waals surface area (Å²) in [6.45, 7) is 9.40. The number of ketones is 1. The first-order valence-electron chi connectivity index (χ1n) is 6.29. The molecule has 0 bridgehead atoms. The van der Waals surface area contributed by atoms with Gasteiger partial charge in [0.2, 0.25) is 0 Å². The number of aromatic nitrogens is 3. The number of Topliss-reactive ketones (excluding diaryl/α,β-unsaturated/α-hetero) is 1. The third-order valence-electron chi connectivity index (χ3n) is 3.47. The highest BCUT2D eigenvalue weighted by Crippen LogP contribution is 2.52. The summed E-state index contributed by atoms with van der Waals surface area (Å²) >= 11 is 0. The Balaban J connectivity index is 1.99. The van der Waals surface area contributed by atoms with Crippen LogP contribution in [0.2, 0.25) is 0 Å². The number of hydrogen-bond acceptors (Lipinski definition) is 3. The van der Waals surface area contributed by atoms with Gasteiger partial charge in [0.25, 0.3) is 0 Å². The average Bonchev–Trinajstić information content (AvgIpc) is 2.63. The Kier molecular flexibility index (Phi) is 3.06. The van der Waals surface area contributed by atoms with Gasteiger partial charge in [-0.25, -0.2) is 9.67 Å². The molecule has 17 heavy (non-hydrogen) atoms. The molecule has 1 fully saturated rings. The molecule has 0 saturated heterocycles. The van der Waals surface area contributed by atoms with Crippen LogP contribution in [0.5, 0.6) is 0 Å². The molecule has 0 amide bonds. The highest BCUT2D eigenvalue weighted by molar-refractivity contribution is 5.85. The third kappa shape index (κ3) is 2.73. The summed E-state index contributed by atoms with van der Waals surface area (Å²) in [6, 6.07) is 0. The lowest BCUT2D eigenvalue weighted by molar-refractivity contribution is -0.120. The quantitative estimate of drug-likeness (QED) is 0.785. The van der Waals surface area contributed by atoms with Gasteiger partial charge in [-0.15, -0.1) is 0 Å². The van der Waals surface area contributed by atoms with Gasteiger partial charge in [-0.1, -0.05) is 27.7 Å². The molecule has 4 nitrogen and oxygen atoms in total. The summed E-state index contributed by atoms with van der Waals surface area (Å²) < 4.78 is 1.86. The molecule has 1 aliphatic rings. The zero-order chi connectivity index (χ0) is 12.6. The Bertz CT molecular complexity index is 420. The summed E-state index contributed by atoms with van der Waals surface area (Å²) in [5, 5.41) is 4.18. The fourth-order valence-corrected chi connectivity index (χ4v) is 2.22. The third-order valence-corrected chi connectivity index (χ3v) is 3.47. The van der Waals surface area contributed by atoms with Gasteiger partial charge in [0.15, 0.2) is 0 Å². The second-order valence-corrected chi connectivity index (χ2v) is 6.14. The van der Waals surface area contributed by atoms with Crippen molar-refractivity contribution < 1.29 is 4.79 Å². The van der Waals surface area contributed by atoms with Crippen LogP contribution in [0.15, 0.2) is 6.33 Å². The van der Waals surface area contributed by atoms with Crippen molar-refractivity contribution in [2.75, 3.05) is 0 Å². The van der Waals surface area contributed by atoms with Gasteiger partial charge in [0, 0.05) is 12.5 Å². The van der Waals surface area contributed by atoms with Crippen LogP contribution in [-0.4, -0.2) is 20.5 Å². The smallest absolute Gasteiger partial charge is 0.144 e. The highest BCUT2D eigenvalue weighted by atomic mass is 16.1. The number of carbonyl (C=O) groups is 1. The molecule has 94 valence electrons. The molecule has 1 aromatic heterocycles. The minimum absolute atomic E-state index is 0.208. The fraction of sp³-hybridized carbons (Fsp3) is 0.769. The highest BCUT2D eigenvalue weighted by Gasteiger charge is 2.50. The predicted molar refractivity (Wildman–Crippen MR) is 65.5 cm³/mol. The SMILES string of the molecule is CC(C)Cn1ncnc1CC(=O)C1CC1(C)C. The molecule has 0 N–H and O–H groups in total. The van der Waals surface area contributed by atoms with Crippen LogP contribution in [0, 0.1) is 17.3 Å². The van der Waals surface area contributed by atoms with Gasteiger partial charge in [-0.2, -0.15) is 5.10 Å². The van der Waals surface area contributed by atoms with Crippen LogP contribution in [0.4, 0.5) is 0 Å². The van der Waals surface area contributed by atoms with E-state index < -0.39 is 0 Å². The zero-order valence-electron chi connectivity index (χ0n) is 11.1. The van der Waals surface area contributed by atoms with Crippen molar-refractivity contribution in [1.29, 1.82) is 0 Å². The van der Waals surface area contributed by atoms with Crippen molar-refractivity contribution >= 4 is 5.78 Å². The summed E-state index contributed by atoms with van der Waals surface area (Å²) in [4.78, 5) is 16.2. The van der Waals surface area contributed by atoms with E-state index in [4.69, 9.17) is 0 Å². The maximum absolute atomic E-state index is 12.0. The molecule has 0 aromatic carbocycles. The Morgan fingerprint density at radius 1 is 1.59 bits per heavy atom. The molecule has 1 aromatic rings. The van der Waals surface area contributed by atoms with E-state index in [9.17, 15) is 4.79 Å². The minimum atomic E-state index is 0.208. The molecule has 0 radical (unpaired) electrons. The van der Waals surface area contributed by atoms with Crippen molar-refractivity contribution in [3.05, 3.63) is 12.2 Å². The molecule has 1 heterocycles. The van der Waals surface area contributed by atoms with E-state index >= 15 is 0 Å². The molecule has 0 aliphatic heterocycles. The number of hydrogen-bond donors (Lipinski definition) is 0. The number of carbonyl (C=O) groups excluding carboxylic acids is 1. The van der Waals surface area contributed by atoms with Crippen LogP contribution in [0.1, 0.15) is 39.9 Å². The topological polar surface area (TPSA) is 47.8 Å². The zero-order valence-corrected chi connectivity index (χ0v) is 11.1. The second kappa shape index (κ2) is 4.24.